The molecule has 1 aromatic heterocycles. The van der Waals surface area contributed by atoms with Gasteiger partial charge in [0, 0.05) is 28.3 Å². The van der Waals surface area contributed by atoms with Gasteiger partial charge in [-0.3, -0.25) is 19.5 Å². The van der Waals surface area contributed by atoms with E-state index in [4.69, 9.17) is 21.1 Å². The summed E-state index contributed by atoms with van der Waals surface area (Å²) in [6, 6.07) is 7.50. The molecule has 0 radical (unpaired) electrons. The van der Waals surface area contributed by atoms with E-state index in [9.17, 15) is 24.8 Å². The number of ether oxygens (including phenoxy) is 2. The van der Waals surface area contributed by atoms with Gasteiger partial charge >= 0.3 is 5.97 Å². The number of phenols is 1. The molecule has 0 spiro atoms. The van der Waals surface area contributed by atoms with E-state index in [2.05, 4.69) is 4.99 Å². The van der Waals surface area contributed by atoms with Crippen molar-refractivity contribution in [2.45, 2.75) is 32.7 Å². The van der Waals surface area contributed by atoms with Crippen molar-refractivity contribution in [1.29, 1.82) is 0 Å². The number of carbonyl (C=O) groups excluding carboxylic acids is 1. The number of aromatic hydroxyl groups is 1. The highest BCUT2D eigenvalue weighted by Gasteiger charge is 2.36. The summed E-state index contributed by atoms with van der Waals surface area (Å²) in [5.74, 6) is -0.435. The predicted octanol–water partition coefficient (Wildman–Crippen LogP) is 3.85. The van der Waals surface area contributed by atoms with Crippen LogP contribution in [-0.4, -0.2) is 34.3 Å². The lowest BCUT2D eigenvalue weighted by atomic mass is 9.93. The number of nitro groups is 1. The summed E-state index contributed by atoms with van der Waals surface area (Å²) in [5.41, 5.74) is 0.495. The molecule has 0 saturated carbocycles. The van der Waals surface area contributed by atoms with E-state index in [1.807, 2.05) is 6.92 Å². The minimum absolute atomic E-state index is 0.0970. The van der Waals surface area contributed by atoms with E-state index in [0.717, 1.165) is 11.3 Å². The van der Waals surface area contributed by atoms with Crippen molar-refractivity contribution in [3.05, 3.63) is 93.6 Å². The van der Waals surface area contributed by atoms with Crippen molar-refractivity contribution >= 4 is 40.7 Å². The molecule has 0 amide bonds. The molecule has 198 valence electrons. The van der Waals surface area contributed by atoms with Crippen molar-refractivity contribution in [1.82, 2.24) is 4.57 Å². The Labute approximate surface area is 225 Å². The number of benzene rings is 2. The highest BCUT2D eigenvalue weighted by Crippen LogP contribution is 2.38. The second-order valence-electron chi connectivity index (χ2n) is 8.30. The zero-order valence-corrected chi connectivity index (χ0v) is 22.3. The molecular formula is C26H24ClN3O7S. The molecule has 0 bridgehead atoms. The lowest BCUT2D eigenvalue weighted by molar-refractivity contribution is -0.384. The Morgan fingerprint density at radius 1 is 1.29 bits per heavy atom. The maximum atomic E-state index is 13.8. The second-order valence-corrected chi connectivity index (χ2v) is 9.75. The van der Waals surface area contributed by atoms with Crippen LogP contribution in [-0.2, 0) is 9.53 Å². The summed E-state index contributed by atoms with van der Waals surface area (Å²) in [7, 11) is 1.47. The third-order valence-electron chi connectivity index (χ3n) is 5.89. The predicted molar refractivity (Wildman–Crippen MR) is 142 cm³/mol. The Bertz CT molecular complexity index is 1640. The lowest BCUT2D eigenvalue weighted by Crippen LogP contribution is -2.40. The van der Waals surface area contributed by atoms with Crippen LogP contribution < -0.4 is 19.6 Å². The zero-order chi connectivity index (χ0) is 27.6. The third kappa shape index (κ3) is 5.07. The lowest BCUT2D eigenvalue weighted by Gasteiger charge is -2.27. The van der Waals surface area contributed by atoms with Gasteiger partial charge in [-0.25, -0.2) is 9.79 Å². The van der Waals surface area contributed by atoms with Crippen molar-refractivity contribution in [3.8, 4) is 11.5 Å². The number of nitro benzene ring substituents is 1. The van der Waals surface area contributed by atoms with Crippen LogP contribution in [0.15, 0.2) is 57.5 Å². The maximum absolute atomic E-state index is 13.8. The molecule has 0 fully saturated rings. The van der Waals surface area contributed by atoms with Crippen LogP contribution in [0.4, 0.5) is 5.69 Å². The molecule has 1 atom stereocenters. The van der Waals surface area contributed by atoms with E-state index >= 15 is 0 Å². The summed E-state index contributed by atoms with van der Waals surface area (Å²) in [6.07, 6.45) is 2.49. The molecule has 0 aliphatic carbocycles. The fourth-order valence-corrected chi connectivity index (χ4v) is 5.44. The van der Waals surface area contributed by atoms with Gasteiger partial charge < -0.3 is 14.6 Å². The summed E-state index contributed by atoms with van der Waals surface area (Å²) in [4.78, 5) is 42.7. The zero-order valence-electron chi connectivity index (χ0n) is 20.8. The fraction of sp³-hybridized carbons (Fsp3) is 0.269. The van der Waals surface area contributed by atoms with Gasteiger partial charge in [0.15, 0.2) is 4.80 Å². The van der Waals surface area contributed by atoms with Crippen LogP contribution in [0.25, 0.3) is 6.08 Å². The Morgan fingerprint density at radius 3 is 2.71 bits per heavy atom. The van der Waals surface area contributed by atoms with Crippen molar-refractivity contribution in [2.24, 2.45) is 4.99 Å². The van der Waals surface area contributed by atoms with Crippen LogP contribution >= 0.6 is 22.9 Å². The number of esters is 1. The molecule has 4 rings (SSSR count). The van der Waals surface area contributed by atoms with Crippen LogP contribution in [0, 0.1) is 10.1 Å². The van der Waals surface area contributed by atoms with Gasteiger partial charge in [-0.05, 0) is 43.7 Å². The maximum Gasteiger partial charge on any atom is 0.338 e. The second kappa shape index (κ2) is 11.2. The number of non-ortho nitro benzene ring substituents is 1. The van der Waals surface area contributed by atoms with Crippen molar-refractivity contribution in [2.75, 3.05) is 13.7 Å². The summed E-state index contributed by atoms with van der Waals surface area (Å²) in [5, 5.41) is 21.9. The molecular weight excluding hydrogens is 534 g/mol. The average molecular weight is 558 g/mol. The number of phenolic OH excluding ortho intramolecular Hbond substituents is 1. The first kappa shape index (κ1) is 27.1. The summed E-state index contributed by atoms with van der Waals surface area (Å²) < 4.78 is 12.5. The summed E-state index contributed by atoms with van der Waals surface area (Å²) in [6.45, 7) is 3.76. The van der Waals surface area contributed by atoms with E-state index in [-0.39, 0.29) is 33.7 Å². The van der Waals surface area contributed by atoms with Gasteiger partial charge in [-0.1, -0.05) is 36.3 Å². The number of hydrogen-bond donors (Lipinski definition) is 1. The molecule has 12 heteroatoms. The van der Waals surface area contributed by atoms with Crippen molar-refractivity contribution in [3.63, 3.8) is 0 Å². The highest BCUT2D eigenvalue weighted by molar-refractivity contribution is 7.07. The first-order chi connectivity index (χ1) is 18.2. The van der Waals surface area contributed by atoms with Crippen LogP contribution in [0.5, 0.6) is 11.5 Å². The number of thiazole rings is 1. The molecule has 1 N–H and O–H groups in total. The fourth-order valence-electron chi connectivity index (χ4n) is 4.25. The smallest absolute Gasteiger partial charge is 0.338 e. The third-order valence-corrected chi connectivity index (χ3v) is 7.11. The van der Waals surface area contributed by atoms with Crippen LogP contribution in [0.3, 0.4) is 0 Å². The highest BCUT2D eigenvalue weighted by atomic mass is 35.5. The number of fused-ring (bicyclic) bond motifs is 1. The summed E-state index contributed by atoms with van der Waals surface area (Å²) >= 11 is 7.37. The number of aromatic nitrogens is 1. The number of halogens is 1. The Balaban J connectivity index is 2.06. The van der Waals surface area contributed by atoms with E-state index in [0.29, 0.717) is 39.7 Å². The Hall–Kier alpha value is -3.96. The molecule has 2 heterocycles. The number of carbonyl (C=O) groups is 1. The van der Waals surface area contributed by atoms with E-state index in [1.165, 1.54) is 36.0 Å². The monoisotopic (exact) mass is 557 g/mol. The van der Waals surface area contributed by atoms with Gasteiger partial charge in [0.2, 0.25) is 0 Å². The van der Waals surface area contributed by atoms with Crippen LogP contribution in [0.1, 0.15) is 43.9 Å². The molecule has 1 aliphatic rings. The minimum atomic E-state index is -0.957. The average Bonchev–Trinajstić information content (AvgIpc) is 3.19. The van der Waals surface area contributed by atoms with Gasteiger partial charge in [-0.15, -0.1) is 0 Å². The Kier molecular flexibility index (Phi) is 7.98. The normalized spacial score (nSPS) is 15.2. The number of allylic oxidation sites excluding steroid dienone is 1. The van der Waals surface area contributed by atoms with Gasteiger partial charge in [0.05, 0.1) is 34.4 Å². The molecule has 38 heavy (non-hydrogen) atoms. The minimum Gasteiger partial charge on any atom is -0.507 e. The number of hydrogen-bond acceptors (Lipinski definition) is 9. The first-order valence-corrected chi connectivity index (χ1v) is 12.9. The van der Waals surface area contributed by atoms with E-state index < -0.39 is 22.5 Å². The molecule has 2 aromatic carbocycles. The largest absolute Gasteiger partial charge is 0.507 e. The van der Waals surface area contributed by atoms with Gasteiger partial charge in [0.25, 0.3) is 11.2 Å². The molecule has 10 nitrogen and oxygen atoms in total. The molecule has 3 aromatic rings. The molecule has 1 aliphatic heterocycles. The van der Waals surface area contributed by atoms with Gasteiger partial charge in [-0.2, -0.15) is 0 Å². The number of nitrogens with zero attached hydrogens (tertiary/aromatic N) is 3. The topological polar surface area (TPSA) is 133 Å². The number of methoxy groups -OCH3 is 1. The number of rotatable bonds is 8. The van der Waals surface area contributed by atoms with Gasteiger partial charge in [0.1, 0.15) is 17.5 Å². The Morgan fingerprint density at radius 2 is 2.05 bits per heavy atom. The van der Waals surface area contributed by atoms with E-state index in [1.54, 1.807) is 25.1 Å². The standard InChI is InChI=1S/C26H24ClN3O7S/c1-4-6-18-22(25(33)37-5-2)23(17-13-15(27)7-10-20(17)36-3)29-24(32)21(38-26(29)28-18)12-14-11-16(30(34)35)8-9-19(14)31/h7-13,23,31H,4-6H2,1-3H3/b21-12+/t23-/m1/s1. The first-order valence-electron chi connectivity index (χ1n) is 11.7. The SMILES string of the molecule is CCCC1=C(C(=O)OCC)[C@@H](c2cc(Cl)ccc2OC)n2c(s/c(=C/c3cc([N+](=O)[O-])ccc3O)c2=O)=N1. The van der Waals surface area contributed by atoms with Crippen molar-refractivity contribution < 1.29 is 24.3 Å². The molecule has 0 saturated heterocycles. The molecule has 0 unspecified atom stereocenters. The van der Waals surface area contributed by atoms with Crippen LogP contribution in [0.2, 0.25) is 5.02 Å². The quantitative estimate of drug-likeness (QED) is 0.252.